The number of hydrogen-bond donors (Lipinski definition) is 1. The third-order valence-corrected chi connectivity index (χ3v) is 2.74. The molecule has 0 aliphatic heterocycles. The highest BCUT2D eigenvalue weighted by molar-refractivity contribution is 5.55. The van der Waals surface area contributed by atoms with Crippen molar-refractivity contribution in [3.63, 3.8) is 0 Å². The summed E-state index contributed by atoms with van der Waals surface area (Å²) in [4.78, 5) is 11.5. The molecule has 0 spiro atoms. The lowest BCUT2D eigenvalue weighted by Gasteiger charge is -2.06. The fourth-order valence-electron chi connectivity index (χ4n) is 1.77. The molecule has 0 unspecified atom stereocenters. The molecule has 0 atom stereocenters. The van der Waals surface area contributed by atoms with E-state index in [4.69, 9.17) is 4.74 Å². The molecule has 0 bridgehead atoms. The first kappa shape index (κ1) is 11.5. The van der Waals surface area contributed by atoms with Gasteiger partial charge >= 0.3 is 0 Å². The molecule has 0 fully saturated rings. The molecule has 4 nitrogen and oxygen atoms in total. The fourth-order valence-corrected chi connectivity index (χ4v) is 1.77. The zero-order valence-electron chi connectivity index (χ0n) is 10.3. The molecule has 19 heavy (non-hydrogen) atoms. The minimum Gasteiger partial charge on any atom is -0.487 e. The molecule has 2 heterocycles. The lowest BCUT2D eigenvalue weighted by atomic mass is 10.2. The van der Waals surface area contributed by atoms with Crippen molar-refractivity contribution in [3.05, 3.63) is 66.7 Å². The van der Waals surface area contributed by atoms with Gasteiger partial charge in [-0.3, -0.25) is 4.98 Å². The number of pyridine rings is 1. The van der Waals surface area contributed by atoms with Gasteiger partial charge in [0, 0.05) is 24.2 Å². The van der Waals surface area contributed by atoms with Crippen molar-refractivity contribution in [1.29, 1.82) is 0 Å². The standard InChI is InChI=1S/C15H13N3O/c1-2-8-16-13(3-1)11-19-14-6-4-12(5-7-14)15-17-9-10-18-15/h1-10H,11H2,(H,17,18). The summed E-state index contributed by atoms with van der Waals surface area (Å²) in [6.45, 7) is 0.473. The highest BCUT2D eigenvalue weighted by Gasteiger charge is 2.00. The van der Waals surface area contributed by atoms with Crippen molar-refractivity contribution in [3.8, 4) is 17.1 Å². The van der Waals surface area contributed by atoms with Gasteiger partial charge in [-0.1, -0.05) is 6.07 Å². The number of imidazole rings is 1. The molecule has 1 N–H and O–H groups in total. The SMILES string of the molecule is c1ccc(COc2ccc(-c3ncc[nH]3)cc2)nc1. The summed E-state index contributed by atoms with van der Waals surface area (Å²) in [6.07, 6.45) is 5.31. The van der Waals surface area contributed by atoms with Crippen LogP contribution in [0.1, 0.15) is 5.69 Å². The molecule has 0 aliphatic rings. The average Bonchev–Trinajstić information content (AvgIpc) is 3.01. The van der Waals surface area contributed by atoms with Crippen LogP contribution < -0.4 is 4.74 Å². The predicted molar refractivity (Wildman–Crippen MR) is 72.6 cm³/mol. The van der Waals surface area contributed by atoms with Crippen LogP contribution >= 0.6 is 0 Å². The zero-order chi connectivity index (χ0) is 12.9. The van der Waals surface area contributed by atoms with E-state index in [9.17, 15) is 0 Å². The third kappa shape index (κ3) is 2.80. The van der Waals surface area contributed by atoms with Crippen LogP contribution in [-0.2, 0) is 6.61 Å². The Bertz CT molecular complexity index is 618. The molecule has 0 amide bonds. The van der Waals surface area contributed by atoms with E-state index >= 15 is 0 Å². The van der Waals surface area contributed by atoms with Gasteiger partial charge in [0.1, 0.15) is 18.2 Å². The molecule has 0 saturated carbocycles. The quantitative estimate of drug-likeness (QED) is 0.775. The van der Waals surface area contributed by atoms with Crippen molar-refractivity contribution in [2.45, 2.75) is 6.61 Å². The molecule has 4 heteroatoms. The van der Waals surface area contributed by atoms with Crippen molar-refractivity contribution in [2.75, 3.05) is 0 Å². The predicted octanol–water partition coefficient (Wildman–Crippen LogP) is 3.05. The van der Waals surface area contributed by atoms with Gasteiger partial charge in [-0.15, -0.1) is 0 Å². The van der Waals surface area contributed by atoms with Crippen LogP contribution in [0.2, 0.25) is 0 Å². The zero-order valence-corrected chi connectivity index (χ0v) is 10.3. The van der Waals surface area contributed by atoms with Crippen molar-refractivity contribution in [1.82, 2.24) is 15.0 Å². The lowest BCUT2D eigenvalue weighted by Crippen LogP contribution is -1.97. The van der Waals surface area contributed by atoms with Crippen LogP contribution in [0.5, 0.6) is 5.75 Å². The second-order valence-electron chi connectivity index (χ2n) is 4.07. The van der Waals surface area contributed by atoms with E-state index in [0.29, 0.717) is 6.61 Å². The fraction of sp³-hybridized carbons (Fsp3) is 0.0667. The van der Waals surface area contributed by atoms with Gasteiger partial charge in [0.15, 0.2) is 0 Å². The minimum atomic E-state index is 0.473. The highest BCUT2D eigenvalue weighted by Crippen LogP contribution is 2.19. The monoisotopic (exact) mass is 251 g/mol. The molecule has 1 aromatic carbocycles. The summed E-state index contributed by atoms with van der Waals surface area (Å²) >= 11 is 0. The Morgan fingerprint density at radius 2 is 1.84 bits per heavy atom. The summed E-state index contributed by atoms with van der Waals surface area (Å²) in [5.74, 6) is 1.68. The first-order chi connectivity index (χ1) is 9.42. The van der Waals surface area contributed by atoms with Crippen molar-refractivity contribution < 1.29 is 4.74 Å². The van der Waals surface area contributed by atoms with E-state index in [1.54, 1.807) is 18.6 Å². The van der Waals surface area contributed by atoms with Gasteiger partial charge in [0.25, 0.3) is 0 Å². The Hall–Kier alpha value is -2.62. The van der Waals surface area contributed by atoms with Crippen LogP contribution in [0.4, 0.5) is 0 Å². The topological polar surface area (TPSA) is 50.8 Å². The molecule has 2 aromatic heterocycles. The summed E-state index contributed by atoms with van der Waals surface area (Å²) < 4.78 is 5.67. The molecule has 0 saturated heterocycles. The van der Waals surface area contributed by atoms with Crippen LogP contribution in [0.15, 0.2) is 61.1 Å². The lowest BCUT2D eigenvalue weighted by molar-refractivity contribution is 0.301. The number of nitrogens with zero attached hydrogens (tertiary/aromatic N) is 2. The Kier molecular flexibility index (Phi) is 3.23. The van der Waals surface area contributed by atoms with Gasteiger partial charge in [0.05, 0.1) is 5.69 Å². The summed E-state index contributed by atoms with van der Waals surface area (Å²) in [6, 6.07) is 13.6. The molecule has 3 rings (SSSR count). The third-order valence-electron chi connectivity index (χ3n) is 2.74. The number of ether oxygens (including phenoxy) is 1. The average molecular weight is 251 g/mol. The summed E-state index contributed by atoms with van der Waals surface area (Å²) in [7, 11) is 0. The number of H-pyrrole nitrogens is 1. The van der Waals surface area contributed by atoms with Crippen molar-refractivity contribution >= 4 is 0 Å². The normalized spacial score (nSPS) is 10.3. The minimum absolute atomic E-state index is 0.473. The van der Waals surface area contributed by atoms with Crippen LogP contribution in [0, 0.1) is 0 Å². The maximum Gasteiger partial charge on any atom is 0.137 e. The molecular formula is C15H13N3O. The largest absolute Gasteiger partial charge is 0.487 e. The smallest absolute Gasteiger partial charge is 0.137 e. The summed E-state index contributed by atoms with van der Waals surface area (Å²) in [5.41, 5.74) is 1.95. The van der Waals surface area contributed by atoms with E-state index in [2.05, 4.69) is 15.0 Å². The molecular weight excluding hydrogens is 238 g/mol. The maximum atomic E-state index is 5.67. The van der Waals surface area contributed by atoms with Gasteiger partial charge < -0.3 is 9.72 Å². The van der Waals surface area contributed by atoms with Gasteiger partial charge in [-0.2, -0.15) is 0 Å². The van der Waals surface area contributed by atoms with E-state index in [1.807, 2.05) is 42.5 Å². The Balaban J connectivity index is 1.67. The first-order valence-corrected chi connectivity index (χ1v) is 6.04. The van der Waals surface area contributed by atoms with Crippen LogP contribution in [-0.4, -0.2) is 15.0 Å². The number of hydrogen-bond acceptors (Lipinski definition) is 3. The van der Waals surface area contributed by atoms with Gasteiger partial charge in [-0.25, -0.2) is 4.98 Å². The summed E-state index contributed by atoms with van der Waals surface area (Å²) in [5, 5.41) is 0. The number of aromatic amines is 1. The second-order valence-corrected chi connectivity index (χ2v) is 4.07. The van der Waals surface area contributed by atoms with Gasteiger partial charge in [0.2, 0.25) is 0 Å². The van der Waals surface area contributed by atoms with Crippen LogP contribution in [0.25, 0.3) is 11.4 Å². The maximum absolute atomic E-state index is 5.67. The number of aromatic nitrogens is 3. The Morgan fingerprint density at radius 3 is 2.53 bits per heavy atom. The molecule has 0 aliphatic carbocycles. The number of benzene rings is 1. The highest BCUT2D eigenvalue weighted by atomic mass is 16.5. The number of nitrogens with one attached hydrogen (secondary N) is 1. The molecule has 0 radical (unpaired) electrons. The van der Waals surface area contributed by atoms with Gasteiger partial charge in [-0.05, 0) is 36.4 Å². The van der Waals surface area contributed by atoms with E-state index in [-0.39, 0.29) is 0 Å². The van der Waals surface area contributed by atoms with Crippen molar-refractivity contribution in [2.24, 2.45) is 0 Å². The second kappa shape index (κ2) is 5.35. The molecule has 94 valence electrons. The van der Waals surface area contributed by atoms with E-state index in [1.165, 1.54) is 0 Å². The Morgan fingerprint density at radius 1 is 0.947 bits per heavy atom. The molecule has 3 aromatic rings. The van der Waals surface area contributed by atoms with E-state index < -0.39 is 0 Å². The number of rotatable bonds is 4. The van der Waals surface area contributed by atoms with E-state index in [0.717, 1.165) is 22.8 Å². The first-order valence-electron chi connectivity index (χ1n) is 6.04. The van der Waals surface area contributed by atoms with Crippen LogP contribution in [0.3, 0.4) is 0 Å². The Labute approximate surface area is 111 Å².